The Labute approximate surface area is 85.7 Å². The molecule has 4 heteroatoms. The van der Waals surface area contributed by atoms with Gasteiger partial charge in [-0.05, 0) is 19.4 Å². The van der Waals surface area contributed by atoms with Crippen LogP contribution in [0.4, 0.5) is 0 Å². The first-order chi connectivity index (χ1) is 6.85. The van der Waals surface area contributed by atoms with Crippen molar-refractivity contribution in [3.63, 3.8) is 0 Å². The van der Waals surface area contributed by atoms with E-state index in [0.717, 1.165) is 25.7 Å². The number of rotatable bonds is 3. The van der Waals surface area contributed by atoms with E-state index in [1.807, 2.05) is 0 Å². The van der Waals surface area contributed by atoms with Gasteiger partial charge in [-0.2, -0.15) is 0 Å². The molecule has 82 valence electrons. The molecule has 0 unspecified atom stereocenters. The largest absolute Gasteiger partial charge is 0.395 e. The molecular formula is C10H21N3O. The van der Waals surface area contributed by atoms with Gasteiger partial charge in [-0.25, -0.2) is 0 Å². The lowest BCUT2D eigenvalue weighted by Crippen LogP contribution is -2.58. The Bertz CT molecular complexity index is 188. The van der Waals surface area contributed by atoms with Crippen molar-refractivity contribution in [3.05, 3.63) is 0 Å². The first-order valence-corrected chi connectivity index (χ1v) is 5.64. The van der Waals surface area contributed by atoms with Crippen molar-refractivity contribution in [1.82, 2.24) is 9.80 Å². The Kier molecular flexibility index (Phi) is 3.38. The van der Waals surface area contributed by atoms with Crippen molar-refractivity contribution in [1.29, 1.82) is 0 Å². The van der Waals surface area contributed by atoms with Crippen LogP contribution in [0.1, 0.15) is 12.8 Å². The molecule has 2 fully saturated rings. The fourth-order valence-electron chi connectivity index (χ4n) is 2.76. The van der Waals surface area contributed by atoms with Gasteiger partial charge in [0.1, 0.15) is 0 Å². The smallest absolute Gasteiger partial charge is 0.0599 e. The van der Waals surface area contributed by atoms with E-state index in [2.05, 4.69) is 9.80 Å². The van der Waals surface area contributed by atoms with E-state index >= 15 is 0 Å². The summed E-state index contributed by atoms with van der Waals surface area (Å²) in [5.41, 5.74) is 5.58. The van der Waals surface area contributed by atoms with Crippen LogP contribution in [-0.4, -0.2) is 66.3 Å². The summed E-state index contributed by atoms with van der Waals surface area (Å²) in [5, 5.41) is 9.30. The second-order valence-corrected chi connectivity index (χ2v) is 4.41. The van der Waals surface area contributed by atoms with Gasteiger partial charge < -0.3 is 10.8 Å². The van der Waals surface area contributed by atoms with Gasteiger partial charge in [0.2, 0.25) is 0 Å². The van der Waals surface area contributed by atoms with E-state index in [4.69, 9.17) is 5.73 Å². The summed E-state index contributed by atoms with van der Waals surface area (Å²) < 4.78 is 0. The summed E-state index contributed by atoms with van der Waals surface area (Å²) in [6.45, 7) is 5.24. The number of aliphatic hydroxyl groups is 1. The van der Waals surface area contributed by atoms with Crippen molar-refractivity contribution in [2.45, 2.75) is 24.9 Å². The quantitative estimate of drug-likeness (QED) is 0.617. The summed E-state index contributed by atoms with van der Waals surface area (Å²) in [4.78, 5) is 4.88. The molecule has 14 heavy (non-hydrogen) atoms. The Morgan fingerprint density at radius 1 is 1.36 bits per heavy atom. The third-order valence-electron chi connectivity index (χ3n) is 3.53. The summed E-state index contributed by atoms with van der Waals surface area (Å²) >= 11 is 0. The van der Waals surface area contributed by atoms with Gasteiger partial charge in [0, 0.05) is 38.3 Å². The molecule has 3 N–H and O–H groups in total. The van der Waals surface area contributed by atoms with Crippen LogP contribution in [0.2, 0.25) is 0 Å². The van der Waals surface area contributed by atoms with Crippen molar-refractivity contribution in [3.8, 4) is 0 Å². The molecule has 2 aliphatic rings. The molecule has 2 saturated heterocycles. The minimum Gasteiger partial charge on any atom is -0.395 e. The minimum atomic E-state index is 0.267. The molecule has 0 aromatic heterocycles. The third kappa shape index (κ3) is 1.93. The molecule has 0 amide bonds. The zero-order valence-electron chi connectivity index (χ0n) is 8.73. The molecule has 0 aromatic carbocycles. The number of piperazine rings is 1. The van der Waals surface area contributed by atoms with Crippen LogP contribution in [0.5, 0.6) is 0 Å². The van der Waals surface area contributed by atoms with E-state index in [9.17, 15) is 5.11 Å². The van der Waals surface area contributed by atoms with Crippen LogP contribution in [0.15, 0.2) is 0 Å². The molecule has 0 bridgehead atoms. The summed E-state index contributed by atoms with van der Waals surface area (Å²) in [6, 6.07) is 1.04. The van der Waals surface area contributed by atoms with E-state index in [1.54, 1.807) is 0 Å². The second kappa shape index (κ2) is 4.57. The van der Waals surface area contributed by atoms with E-state index in [-0.39, 0.29) is 6.61 Å². The maximum atomic E-state index is 9.30. The van der Waals surface area contributed by atoms with Gasteiger partial charge >= 0.3 is 0 Å². The molecule has 0 saturated carbocycles. The van der Waals surface area contributed by atoms with Crippen LogP contribution in [0, 0.1) is 0 Å². The summed E-state index contributed by atoms with van der Waals surface area (Å²) in [7, 11) is 0. The lowest BCUT2D eigenvalue weighted by Gasteiger charge is -2.42. The average molecular weight is 199 g/mol. The van der Waals surface area contributed by atoms with Crippen LogP contribution in [-0.2, 0) is 0 Å². The molecule has 2 atom stereocenters. The predicted octanol–water partition coefficient (Wildman–Crippen LogP) is -0.914. The minimum absolute atomic E-state index is 0.267. The summed E-state index contributed by atoms with van der Waals surface area (Å²) in [5.74, 6) is 0. The maximum absolute atomic E-state index is 9.30. The van der Waals surface area contributed by atoms with E-state index in [0.29, 0.717) is 12.6 Å². The number of aliphatic hydroxyl groups excluding tert-OH is 1. The topological polar surface area (TPSA) is 52.7 Å². The molecule has 2 aliphatic heterocycles. The normalized spacial score (nSPS) is 34.7. The molecule has 0 aromatic rings. The highest BCUT2D eigenvalue weighted by Gasteiger charge is 2.35. The van der Waals surface area contributed by atoms with Crippen LogP contribution in [0.3, 0.4) is 0 Å². The molecule has 0 spiro atoms. The molecular weight excluding hydrogens is 178 g/mol. The van der Waals surface area contributed by atoms with Gasteiger partial charge in [-0.1, -0.05) is 0 Å². The van der Waals surface area contributed by atoms with Crippen LogP contribution >= 0.6 is 0 Å². The van der Waals surface area contributed by atoms with Gasteiger partial charge in [0.15, 0.2) is 0 Å². The fourth-order valence-corrected chi connectivity index (χ4v) is 2.76. The number of nitrogens with zero attached hydrogens (tertiary/aromatic N) is 2. The van der Waals surface area contributed by atoms with Gasteiger partial charge in [0.25, 0.3) is 0 Å². The van der Waals surface area contributed by atoms with E-state index < -0.39 is 0 Å². The highest BCUT2D eigenvalue weighted by molar-refractivity contribution is 4.91. The van der Waals surface area contributed by atoms with Crippen molar-refractivity contribution in [2.75, 3.05) is 39.3 Å². The van der Waals surface area contributed by atoms with Crippen LogP contribution < -0.4 is 5.73 Å². The Hall–Kier alpha value is -0.160. The lowest BCUT2D eigenvalue weighted by atomic mass is 10.1. The van der Waals surface area contributed by atoms with Crippen LogP contribution in [0.25, 0.3) is 0 Å². The number of nitrogens with two attached hydrogens (primary N) is 1. The fraction of sp³-hybridized carbons (Fsp3) is 1.00. The zero-order valence-corrected chi connectivity index (χ0v) is 8.73. The monoisotopic (exact) mass is 199 g/mol. The highest BCUT2D eigenvalue weighted by Crippen LogP contribution is 2.24. The molecule has 0 radical (unpaired) electrons. The number of hydrogen-bond donors (Lipinski definition) is 2. The molecule has 4 nitrogen and oxygen atoms in total. The maximum Gasteiger partial charge on any atom is 0.0599 e. The Morgan fingerprint density at radius 3 is 2.93 bits per heavy atom. The van der Waals surface area contributed by atoms with Crippen molar-refractivity contribution >= 4 is 0 Å². The molecule has 0 aliphatic carbocycles. The molecule has 2 heterocycles. The Morgan fingerprint density at radius 2 is 2.21 bits per heavy atom. The van der Waals surface area contributed by atoms with E-state index in [1.165, 1.54) is 19.4 Å². The van der Waals surface area contributed by atoms with Gasteiger partial charge in [0.05, 0.1) is 6.61 Å². The highest BCUT2D eigenvalue weighted by atomic mass is 16.3. The van der Waals surface area contributed by atoms with Gasteiger partial charge in [-0.3, -0.25) is 9.80 Å². The average Bonchev–Trinajstić information content (AvgIpc) is 2.64. The summed E-state index contributed by atoms with van der Waals surface area (Å²) in [6.07, 6.45) is 2.64. The first-order valence-electron chi connectivity index (χ1n) is 5.64. The lowest BCUT2D eigenvalue weighted by molar-refractivity contribution is 0.0240. The number of fused-ring (bicyclic) bond motifs is 1. The van der Waals surface area contributed by atoms with Crippen molar-refractivity contribution < 1.29 is 5.11 Å². The number of hydrogen-bond acceptors (Lipinski definition) is 4. The first kappa shape index (κ1) is 10.4. The SMILES string of the molecule is NCCN1C[C@H]2CCCN2C[C@@H]1CO. The predicted molar refractivity (Wildman–Crippen MR) is 56.1 cm³/mol. The zero-order chi connectivity index (χ0) is 9.97. The van der Waals surface area contributed by atoms with Crippen molar-refractivity contribution in [2.24, 2.45) is 5.73 Å². The molecule has 2 rings (SSSR count). The standard InChI is InChI=1S/C10H21N3O/c11-3-5-13-6-9-2-1-4-12(9)7-10(13)8-14/h9-10,14H,1-8,11H2/t9-,10-/m1/s1. The Balaban J connectivity index is 1.95. The third-order valence-corrected chi connectivity index (χ3v) is 3.53. The second-order valence-electron chi connectivity index (χ2n) is 4.41. The van der Waals surface area contributed by atoms with Gasteiger partial charge in [-0.15, -0.1) is 0 Å².